The van der Waals surface area contributed by atoms with Crippen LogP contribution < -0.4 is 5.32 Å². The average Bonchev–Trinajstić information content (AvgIpc) is 3.24. The Morgan fingerprint density at radius 2 is 1.74 bits per heavy atom. The summed E-state index contributed by atoms with van der Waals surface area (Å²) in [5.41, 5.74) is 1.05. The molecule has 2 heterocycles. The highest BCUT2D eigenvalue weighted by atomic mass is 127. The molecule has 0 spiro atoms. The summed E-state index contributed by atoms with van der Waals surface area (Å²) < 4.78 is 5.44. The summed E-state index contributed by atoms with van der Waals surface area (Å²) in [7, 11) is 0. The summed E-state index contributed by atoms with van der Waals surface area (Å²) in [4.78, 5) is 22.7. The van der Waals surface area contributed by atoms with Crippen molar-refractivity contribution >= 4 is 35.8 Å². The van der Waals surface area contributed by atoms with E-state index in [0.717, 1.165) is 43.0 Å². The van der Waals surface area contributed by atoms with Crippen molar-refractivity contribution in [3.05, 3.63) is 35.9 Å². The molecule has 4 rings (SSSR count). The van der Waals surface area contributed by atoms with Crippen molar-refractivity contribution in [1.29, 1.82) is 0 Å². The number of nitrogens with one attached hydrogen (secondary N) is 1. The largest absolute Gasteiger partial charge is 0.378 e. The first-order chi connectivity index (χ1) is 14.8. The van der Waals surface area contributed by atoms with Crippen molar-refractivity contribution in [2.45, 2.75) is 38.5 Å². The van der Waals surface area contributed by atoms with Crippen molar-refractivity contribution < 1.29 is 9.53 Å². The second-order valence-corrected chi connectivity index (χ2v) is 8.81. The van der Waals surface area contributed by atoms with E-state index >= 15 is 0 Å². The fourth-order valence-electron chi connectivity index (χ4n) is 5.20. The van der Waals surface area contributed by atoms with Crippen molar-refractivity contribution in [1.82, 2.24) is 15.1 Å². The lowest BCUT2D eigenvalue weighted by Gasteiger charge is -2.30. The predicted molar refractivity (Wildman–Crippen MR) is 135 cm³/mol. The first-order valence-corrected chi connectivity index (χ1v) is 11.7. The van der Waals surface area contributed by atoms with Gasteiger partial charge in [-0.2, -0.15) is 0 Å². The van der Waals surface area contributed by atoms with E-state index in [-0.39, 0.29) is 35.8 Å². The molecule has 0 aromatic heterocycles. The number of amides is 1. The van der Waals surface area contributed by atoms with Crippen LogP contribution in [-0.4, -0.2) is 74.1 Å². The van der Waals surface area contributed by atoms with Gasteiger partial charge in [0.2, 0.25) is 5.91 Å². The molecule has 0 bridgehead atoms. The van der Waals surface area contributed by atoms with E-state index in [1.54, 1.807) is 0 Å². The van der Waals surface area contributed by atoms with Gasteiger partial charge in [0, 0.05) is 32.7 Å². The summed E-state index contributed by atoms with van der Waals surface area (Å²) in [6.45, 7) is 8.22. The minimum atomic E-state index is -0.247. The molecule has 31 heavy (non-hydrogen) atoms. The zero-order valence-electron chi connectivity index (χ0n) is 18.7. The topological polar surface area (TPSA) is 57.2 Å². The molecule has 1 saturated carbocycles. The van der Waals surface area contributed by atoms with E-state index in [4.69, 9.17) is 9.73 Å². The van der Waals surface area contributed by atoms with E-state index in [1.165, 1.54) is 25.7 Å². The number of rotatable bonds is 5. The standard InChI is InChI=1S/C24H36N4O2.HI/c1-2-25-24(28-17-20-10-6-7-11-21(20)18-28)26-16-22(19-8-4-3-5-9-19)23(29)27-12-14-30-15-13-27;/h3-5,8-9,20-22H,2,6-7,10-18H2,1H3,(H,25,26);1H. The number of morpholine rings is 1. The van der Waals surface area contributed by atoms with E-state index in [9.17, 15) is 4.79 Å². The SMILES string of the molecule is CCNC(=NCC(C(=O)N1CCOCC1)c1ccccc1)N1CC2CCCCC2C1.I. The van der Waals surface area contributed by atoms with Crippen LogP contribution in [0.3, 0.4) is 0 Å². The highest BCUT2D eigenvalue weighted by Gasteiger charge is 2.36. The van der Waals surface area contributed by atoms with Crippen molar-refractivity contribution in [3.8, 4) is 0 Å². The predicted octanol–water partition coefficient (Wildman–Crippen LogP) is 3.33. The molecule has 3 fully saturated rings. The molecule has 3 aliphatic rings. The van der Waals surface area contributed by atoms with E-state index < -0.39 is 0 Å². The number of hydrogen-bond donors (Lipinski definition) is 1. The molecular weight excluding hydrogens is 503 g/mol. The minimum absolute atomic E-state index is 0. The van der Waals surface area contributed by atoms with Crippen LogP contribution >= 0.6 is 24.0 Å². The van der Waals surface area contributed by atoms with Gasteiger partial charge in [-0.25, -0.2) is 0 Å². The third-order valence-electron chi connectivity index (χ3n) is 6.86. The molecule has 2 aliphatic heterocycles. The average molecular weight is 540 g/mol. The van der Waals surface area contributed by atoms with Crippen molar-refractivity contribution in [2.24, 2.45) is 16.8 Å². The molecule has 172 valence electrons. The third kappa shape index (κ3) is 6.12. The highest BCUT2D eigenvalue weighted by molar-refractivity contribution is 14.0. The molecule has 2 saturated heterocycles. The number of guanidine groups is 1. The molecule has 1 N–H and O–H groups in total. The second kappa shape index (κ2) is 12.0. The van der Waals surface area contributed by atoms with E-state index in [0.29, 0.717) is 32.8 Å². The smallest absolute Gasteiger partial charge is 0.232 e. The van der Waals surface area contributed by atoms with Gasteiger partial charge in [0.25, 0.3) is 0 Å². The van der Waals surface area contributed by atoms with Crippen molar-refractivity contribution in [3.63, 3.8) is 0 Å². The fraction of sp³-hybridized carbons (Fsp3) is 0.667. The maximum absolute atomic E-state index is 13.4. The van der Waals surface area contributed by atoms with E-state index in [1.807, 2.05) is 23.1 Å². The number of hydrogen-bond acceptors (Lipinski definition) is 3. The third-order valence-corrected chi connectivity index (χ3v) is 6.86. The van der Waals surface area contributed by atoms with Crippen LogP contribution in [0.1, 0.15) is 44.1 Å². The fourth-order valence-corrected chi connectivity index (χ4v) is 5.20. The summed E-state index contributed by atoms with van der Waals surface area (Å²) >= 11 is 0. The molecule has 1 aromatic carbocycles. The van der Waals surface area contributed by atoms with Crippen LogP contribution in [0.25, 0.3) is 0 Å². The number of fused-ring (bicyclic) bond motifs is 1. The number of carbonyl (C=O) groups is 1. The van der Waals surface area contributed by atoms with Crippen LogP contribution in [0, 0.1) is 11.8 Å². The van der Waals surface area contributed by atoms with Crippen LogP contribution in [0.2, 0.25) is 0 Å². The second-order valence-electron chi connectivity index (χ2n) is 8.81. The van der Waals surface area contributed by atoms with Crippen LogP contribution in [-0.2, 0) is 9.53 Å². The maximum atomic E-state index is 13.4. The maximum Gasteiger partial charge on any atom is 0.232 e. The Kier molecular flexibility index (Phi) is 9.44. The normalized spacial score (nSPS) is 24.9. The van der Waals surface area contributed by atoms with Crippen LogP contribution in [0.4, 0.5) is 0 Å². The Hall–Kier alpha value is -1.35. The Morgan fingerprint density at radius 3 is 2.35 bits per heavy atom. The lowest BCUT2D eigenvalue weighted by atomic mass is 9.82. The Bertz CT molecular complexity index is 710. The molecule has 3 atom stereocenters. The summed E-state index contributed by atoms with van der Waals surface area (Å²) in [6, 6.07) is 10.1. The quantitative estimate of drug-likeness (QED) is 0.354. The zero-order chi connectivity index (χ0) is 20.8. The van der Waals surface area contributed by atoms with Gasteiger partial charge >= 0.3 is 0 Å². The van der Waals surface area contributed by atoms with E-state index in [2.05, 4.69) is 29.3 Å². The van der Waals surface area contributed by atoms with Gasteiger partial charge in [0.1, 0.15) is 0 Å². The highest BCUT2D eigenvalue weighted by Crippen LogP contribution is 2.36. The first-order valence-electron chi connectivity index (χ1n) is 11.7. The number of ether oxygens (including phenoxy) is 1. The molecule has 1 aromatic rings. The Balaban J connectivity index is 0.00000272. The van der Waals surface area contributed by atoms with Gasteiger partial charge in [-0.15, -0.1) is 24.0 Å². The van der Waals surface area contributed by atoms with Gasteiger partial charge in [-0.1, -0.05) is 43.2 Å². The van der Waals surface area contributed by atoms with Gasteiger partial charge in [-0.05, 0) is 37.2 Å². The molecule has 1 amide bonds. The molecule has 3 unspecified atom stereocenters. The Labute approximate surface area is 203 Å². The summed E-state index contributed by atoms with van der Waals surface area (Å²) in [5, 5.41) is 3.49. The van der Waals surface area contributed by atoms with Gasteiger partial charge < -0.3 is 19.9 Å². The van der Waals surface area contributed by atoms with Crippen LogP contribution in [0.5, 0.6) is 0 Å². The number of halogens is 1. The number of carbonyl (C=O) groups excluding carboxylic acids is 1. The number of likely N-dealkylation sites (tertiary alicyclic amines) is 1. The first kappa shape index (κ1) is 24.3. The molecule has 7 heteroatoms. The lowest BCUT2D eigenvalue weighted by molar-refractivity contribution is -0.136. The zero-order valence-corrected chi connectivity index (χ0v) is 21.0. The van der Waals surface area contributed by atoms with Crippen molar-refractivity contribution in [2.75, 3.05) is 52.5 Å². The number of benzene rings is 1. The number of nitrogens with zero attached hydrogens (tertiary/aromatic N) is 3. The summed E-state index contributed by atoms with van der Waals surface area (Å²) in [6.07, 6.45) is 5.44. The minimum Gasteiger partial charge on any atom is -0.378 e. The van der Waals surface area contributed by atoms with Gasteiger partial charge in [0.05, 0.1) is 25.7 Å². The molecular formula is C24H37IN4O2. The molecule has 0 radical (unpaired) electrons. The molecule has 6 nitrogen and oxygen atoms in total. The van der Waals surface area contributed by atoms with Gasteiger partial charge in [-0.3, -0.25) is 9.79 Å². The van der Waals surface area contributed by atoms with Gasteiger partial charge in [0.15, 0.2) is 5.96 Å². The Morgan fingerprint density at radius 1 is 1.10 bits per heavy atom. The lowest BCUT2D eigenvalue weighted by Crippen LogP contribution is -2.44. The van der Waals surface area contributed by atoms with Crippen LogP contribution in [0.15, 0.2) is 35.3 Å². The number of aliphatic imine (C=N–C) groups is 1. The molecule has 1 aliphatic carbocycles. The monoisotopic (exact) mass is 540 g/mol. The summed E-state index contributed by atoms with van der Waals surface area (Å²) in [5.74, 6) is 2.51.